The van der Waals surface area contributed by atoms with Crippen molar-refractivity contribution in [2.75, 3.05) is 11.4 Å². The maximum absolute atomic E-state index is 8.95. The molecular formula is C30H41N3. The number of hydrogen-bond donors (Lipinski definition) is 0. The summed E-state index contributed by atoms with van der Waals surface area (Å²) in [4.78, 5) is 2.33. The molecule has 1 aliphatic rings. The van der Waals surface area contributed by atoms with Gasteiger partial charge in [-0.25, -0.2) is 0 Å². The molecule has 0 fully saturated rings. The van der Waals surface area contributed by atoms with Crippen molar-refractivity contribution < 1.29 is 0 Å². The van der Waals surface area contributed by atoms with Gasteiger partial charge in [-0.2, -0.15) is 10.5 Å². The number of nitriles is 2. The Morgan fingerprint density at radius 2 is 1.33 bits per heavy atom. The van der Waals surface area contributed by atoms with Crippen molar-refractivity contribution in [3.8, 4) is 12.1 Å². The zero-order valence-corrected chi connectivity index (χ0v) is 20.6. The molecule has 176 valence electrons. The van der Waals surface area contributed by atoms with E-state index in [0.717, 1.165) is 17.7 Å². The van der Waals surface area contributed by atoms with Crippen molar-refractivity contribution in [1.29, 1.82) is 10.5 Å². The molecule has 0 radical (unpaired) electrons. The Labute approximate surface area is 202 Å². The van der Waals surface area contributed by atoms with Crippen LogP contribution >= 0.6 is 0 Å². The lowest BCUT2D eigenvalue weighted by Gasteiger charge is -2.27. The lowest BCUT2D eigenvalue weighted by Crippen LogP contribution is -2.21. The summed E-state index contributed by atoms with van der Waals surface area (Å²) in [7, 11) is 0. The highest BCUT2D eigenvalue weighted by atomic mass is 15.1. The first kappa shape index (κ1) is 26.5. The Hall–Kier alpha value is -2.78. The van der Waals surface area contributed by atoms with Gasteiger partial charge in [-0.1, -0.05) is 115 Å². The van der Waals surface area contributed by atoms with Gasteiger partial charge >= 0.3 is 0 Å². The topological polar surface area (TPSA) is 50.8 Å². The largest absolute Gasteiger partial charge is 0.347 e. The van der Waals surface area contributed by atoms with E-state index >= 15 is 0 Å². The summed E-state index contributed by atoms with van der Waals surface area (Å²) in [5.74, 6) is 0. The minimum absolute atomic E-state index is 0.123. The average molecular weight is 444 g/mol. The number of fused-ring (bicyclic) bond motifs is 1. The standard InChI is InChI=1S/C30H41N3/c1-2-3-4-5-6-7-8-9-10-11-12-13-14-17-23-33-24-22-28(21-20-27(25-31)26-32)29-18-15-16-19-30(29)33/h15-16,18-22,24H,2-14,17,23H2,1H3/b28-21+. The van der Waals surface area contributed by atoms with Crippen LogP contribution in [0.3, 0.4) is 0 Å². The molecule has 2 rings (SSSR count). The minimum atomic E-state index is 0.123. The van der Waals surface area contributed by atoms with Gasteiger partial charge in [0.05, 0.1) is 0 Å². The van der Waals surface area contributed by atoms with Crippen molar-refractivity contribution in [2.45, 2.75) is 96.8 Å². The second-order valence-electron chi connectivity index (χ2n) is 9.05. The fourth-order valence-corrected chi connectivity index (χ4v) is 4.40. The number of para-hydroxylation sites is 1. The molecule has 0 saturated heterocycles. The molecule has 0 bridgehead atoms. The van der Waals surface area contributed by atoms with Crippen LogP contribution in [0.25, 0.3) is 5.57 Å². The lowest BCUT2D eigenvalue weighted by molar-refractivity contribution is 0.536. The Morgan fingerprint density at radius 1 is 0.788 bits per heavy atom. The summed E-state index contributed by atoms with van der Waals surface area (Å²) in [6.07, 6.45) is 26.9. The van der Waals surface area contributed by atoms with E-state index < -0.39 is 0 Å². The van der Waals surface area contributed by atoms with Crippen LogP contribution in [-0.4, -0.2) is 6.54 Å². The Morgan fingerprint density at radius 3 is 1.91 bits per heavy atom. The van der Waals surface area contributed by atoms with Gasteiger partial charge in [-0.15, -0.1) is 0 Å². The lowest BCUT2D eigenvalue weighted by atomic mass is 9.98. The number of unbranched alkanes of at least 4 members (excludes halogenated alkanes) is 13. The molecule has 0 aromatic heterocycles. The minimum Gasteiger partial charge on any atom is -0.347 e. The third-order valence-corrected chi connectivity index (χ3v) is 6.38. The van der Waals surface area contributed by atoms with Gasteiger partial charge < -0.3 is 4.90 Å². The first-order chi connectivity index (χ1) is 16.3. The maximum atomic E-state index is 8.95. The molecule has 0 atom stereocenters. The van der Waals surface area contributed by atoms with Crippen LogP contribution in [0.4, 0.5) is 5.69 Å². The van der Waals surface area contributed by atoms with Crippen molar-refractivity contribution in [3.05, 3.63) is 59.8 Å². The molecule has 1 aromatic carbocycles. The molecule has 33 heavy (non-hydrogen) atoms. The SMILES string of the molecule is CCCCCCCCCCCCCCCCN1C=C/C(=C\C=C(C#N)C#N)c2ccccc21. The highest BCUT2D eigenvalue weighted by molar-refractivity contribution is 5.87. The van der Waals surface area contributed by atoms with E-state index in [9.17, 15) is 0 Å². The molecule has 0 N–H and O–H groups in total. The summed E-state index contributed by atoms with van der Waals surface area (Å²) in [6, 6.07) is 12.2. The number of nitrogens with zero attached hydrogens (tertiary/aromatic N) is 3. The zero-order valence-electron chi connectivity index (χ0n) is 20.6. The van der Waals surface area contributed by atoms with Gasteiger partial charge in [0.2, 0.25) is 0 Å². The quantitative estimate of drug-likeness (QED) is 0.189. The molecule has 1 aliphatic heterocycles. The number of benzene rings is 1. The maximum Gasteiger partial charge on any atom is 0.129 e. The summed E-state index contributed by atoms with van der Waals surface area (Å²) in [5.41, 5.74) is 3.51. The molecule has 0 aliphatic carbocycles. The molecule has 3 nitrogen and oxygen atoms in total. The highest BCUT2D eigenvalue weighted by Gasteiger charge is 2.15. The first-order valence-corrected chi connectivity index (χ1v) is 13.1. The van der Waals surface area contributed by atoms with Crippen LogP contribution in [0.5, 0.6) is 0 Å². The summed E-state index contributed by atoms with van der Waals surface area (Å²) in [6.45, 7) is 3.31. The predicted octanol–water partition coefficient (Wildman–Crippen LogP) is 8.86. The smallest absolute Gasteiger partial charge is 0.129 e. The molecule has 1 aromatic rings. The van der Waals surface area contributed by atoms with E-state index in [4.69, 9.17) is 10.5 Å². The van der Waals surface area contributed by atoms with Crippen molar-refractivity contribution in [3.63, 3.8) is 0 Å². The van der Waals surface area contributed by atoms with E-state index in [1.807, 2.05) is 24.3 Å². The van der Waals surface area contributed by atoms with E-state index in [-0.39, 0.29) is 5.57 Å². The summed E-state index contributed by atoms with van der Waals surface area (Å²) in [5, 5.41) is 17.9. The third-order valence-electron chi connectivity index (χ3n) is 6.38. The van der Waals surface area contributed by atoms with Gasteiger partial charge in [0.25, 0.3) is 0 Å². The molecule has 0 spiro atoms. The summed E-state index contributed by atoms with van der Waals surface area (Å²) >= 11 is 0. The fraction of sp³-hybridized carbons (Fsp3) is 0.533. The van der Waals surface area contributed by atoms with Crippen LogP contribution < -0.4 is 4.90 Å². The Kier molecular flexibility index (Phi) is 13.5. The third kappa shape index (κ3) is 10.1. The van der Waals surface area contributed by atoms with Crippen LogP contribution in [0.1, 0.15) is 102 Å². The van der Waals surface area contributed by atoms with Crippen LogP contribution in [-0.2, 0) is 0 Å². The average Bonchev–Trinajstić information content (AvgIpc) is 2.85. The number of allylic oxidation sites excluding steroid dienone is 5. The highest BCUT2D eigenvalue weighted by Crippen LogP contribution is 2.33. The fourth-order valence-electron chi connectivity index (χ4n) is 4.40. The first-order valence-electron chi connectivity index (χ1n) is 13.1. The number of hydrogen-bond acceptors (Lipinski definition) is 3. The second kappa shape index (κ2) is 16.8. The van der Waals surface area contributed by atoms with Gasteiger partial charge in [-0.05, 0) is 30.2 Å². The van der Waals surface area contributed by atoms with Gasteiger partial charge in [0.1, 0.15) is 17.7 Å². The molecule has 3 heteroatoms. The Balaban J connectivity index is 1.63. The van der Waals surface area contributed by atoms with Gasteiger partial charge in [0.15, 0.2) is 0 Å². The summed E-state index contributed by atoms with van der Waals surface area (Å²) < 4.78 is 0. The number of anilines is 1. The second-order valence-corrected chi connectivity index (χ2v) is 9.05. The van der Waals surface area contributed by atoms with Crippen LogP contribution in [0.15, 0.2) is 54.3 Å². The molecule has 1 heterocycles. The van der Waals surface area contributed by atoms with Crippen molar-refractivity contribution in [2.24, 2.45) is 0 Å². The normalized spacial score (nSPS) is 13.4. The van der Waals surface area contributed by atoms with E-state index in [0.29, 0.717) is 0 Å². The zero-order chi connectivity index (χ0) is 23.6. The van der Waals surface area contributed by atoms with Crippen molar-refractivity contribution >= 4 is 11.3 Å². The van der Waals surface area contributed by atoms with Gasteiger partial charge in [-0.3, -0.25) is 0 Å². The van der Waals surface area contributed by atoms with E-state index in [1.165, 1.54) is 95.6 Å². The molecular weight excluding hydrogens is 402 g/mol. The van der Waals surface area contributed by atoms with E-state index in [2.05, 4.69) is 42.3 Å². The predicted molar refractivity (Wildman–Crippen MR) is 141 cm³/mol. The number of rotatable bonds is 16. The van der Waals surface area contributed by atoms with Gasteiger partial charge in [0, 0.05) is 24.0 Å². The Bertz CT molecular complexity index is 847. The van der Waals surface area contributed by atoms with E-state index in [1.54, 1.807) is 6.08 Å². The molecule has 0 unspecified atom stereocenters. The molecule has 0 amide bonds. The van der Waals surface area contributed by atoms with Crippen molar-refractivity contribution in [1.82, 2.24) is 0 Å². The van der Waals surface area contributed by atoms with Crippen LogP contribution in [0, 0.1) is 22.7 Å². The monoisotopic (exact) mass is 443 g/mol. The van der Waals surface area contributed by atoms with Crippen LogP contribution in [0.2, 0.25) is 0 Å². The molecule has 0 saturated carbocycles.